The van der Waals surface area contributed by atoms with E-state index in [1.54, 1.807) is 18.2 Å². The van der Waals surface area contributed by atoms with E-state index in [9.17, 15) is 14.4 Å². The Morgan fingerprint density at radius 1 is 1.08 bits per heavy atom. The summed E-state index contributed by atoms with van der Waals surface area (Å²) in [7, 11) is 1.50. The Kier molecular flexibility index (Phi) is 4.31. The van der Waals surface area contributed by atoms with Crippen LogP contribution in [0.25, 0.3) is 4.48 Å². The summed E-state index contributed by atoms with van der Waals surface area (Å²) in [5.41, 5.74) is 1.20. The largest absolute Gasteiger partial charge is 0.497 e. The van der Waals surface area contributed by atoms with E-state index < -0.39 is 17.3 Å². The van der Waals surface area contributed by atoms with Gasteiger partial charge in [-0.2, -0.15) is 0 Å². The van der Waals surface area contributed by atoms with Crippen LogP contribution in [0.15, 0.2) is 33.4 Å². The first-order valence-electron chi connectivity index (χ1n) is 6.81. The van der Waals surface area contributed by atoms with Crippen molar-refractivity contribution >= 4 is 53.7 Å². The number of halogens is 2. The number of ketones is 3. The Balaban J connectivity index is 2.15. The Hall–Kier alpha value is -1.99. The molecule has 0 unspecified atom stereocenters. The average Bonchev–Trinajstić information content (AvgIpc) is 3.01. The van der Waals surface area contributed by atoms with Crippen molar-refractivity contribution in [2.75, 3.05) is 7.11 Å². The molecule has 0 saturated carbocycles. The number of allylic oxidation sites excluding steroid dienone is 1. The maximum atomic E-state index is 12.8. The van der Waals surface area contributed by atoms with Crippen molar-refractivity contribution in [3.63, 3.8) is 0 Å². The Bertz CT molecular complexity index is 936. The highest BCUT2D eigenvalue weighted by Crippen LogP contribution is 2.39. The lowest BCUT2D eigenvalue weighted by atomic mass is 9.93. The van der Waals surface area contributed by atoms with Crippen molar-refractivity contribution in [1.29, 1.82) is 0 Å². The Labute approximate surface area is 153 Å². The van der Waals surface area contributed by atoms with Crippen LogP contribution in [0.4, 0.5) is 0 Å². The second-order valence-corrected chi connectivity index (χ2v) is 6.79. The number of carbonyl (C=O) groups excluding carboxylic acids is 3. The van der Waals surface area contributed by atoms with Gasteiger partial charge >= 0.3 is 0 Å². The van der Waals surface area contributed by atoms with E-state index in [2.05, 4.69) is 31.9 Å². The van der Waals surface area contributed by atoms with E-state index >= 15 is 0 Å². The third kappa shape index (κ3) is 2.57. The van der Waals surface area contributed by atoms with E-state index in [1.807, 2.05) is 6.92 Å². The van der Waals surface area contributed by atoms with Gasteiger partial charge in [0.2, 0.25) is 11.6 Å². The van der Waals surface area contributed by atoms with Crippen LogP contribution in [-0.2, 0) is 4.79 Å². The van der Waals surface area contributed by atoms with Gasteiger partial charge in [-0.05, 0) is 62.5 Å². The van der Waals surface area contributed by atoms with E-state index in [4.69, 9.17) is 9.15 Å². The van der Waals surface area contributed by atoms with Gasteiger partial charge < -0.3 is 9.15 Å². The van der Waals surface area contributed by atoms with E-state index in [1.165, 1.54) is 13.4 Å². The number of methoxy groups -OCH3 is 1. The minimum absolute atomic E-state index is 0.0273. The van der Waals surface area contributed by atoms with Crippen molar-refractivity contribution in [2.45, 2.75) is 6.92 Å². The lowest BCUT2D eigenvalue weighted by Gasteiger charge is -2.11. The van der Waals surface area contributed by atoms with Crippen LogP contribution in [0.3, 0.4) is 0 Å². The molecule has 1 heterocycles. The molecule has 1 aliphatic carbocycles. The lowest BCUT2D eigenvalue weighted by molar-refractivity contribution is -0.111. The molecule has 3 rings (SSSR count). The molecule has 1 aromatic heterocycles. The zero-order chi connectivity index (χ0) is 17.6. The van der Waals surface area contributed by atoms with E-state index in [-0.39, 0.29) is 21.4 Å². The van der Waals surface area contributed by atoms with Gasteiger partial charge in [-0.15, -0.1) is 0 Å². The number of Topliss-reactive ketones (excluding diaryl/α,β-unsaturated/α-hetero) is 2. The topological polar surface area (TPSA) is 73.6 Å². The van der Waals surface area contributed by atoms with Gasteiger partial charge in [-0.3, -0.25) is 14.4 Å². The van der Waals surface area contributed by atoms with Crippen LogP contribution in [0.2, 0.25) is 0 Å². The first kappa shape index (κ1) is 16.9. The SMILES string of the molecule is COc1cc(C)cc(C(=O)c2coc3c2C(=O)C(=O)C(Br)=C3Br)c1. The summed E-state index contributed by atoms with van der Waals surface area (Å²) in [5.74, 6) is -1.23. The van der Waals surface area contributed by atoms with Crippen LogP contribution < -0.4 is 4.74 Å². The highest BCUT2D eigenvalue weighted by atomic mass is 79.9. The van der Waals surface area contributed by atoms with Crippen LogP contribution >= 0.6 is 31.9 Å². The highest BCUT2D eigenvalue weighted by molar-refractivity contribution is 9.16. The maximum absolute atomic E-state index is 12.8. The maximum Gasteiger partial charge on any atom is 0.241 e. The van der Waals surface area contributed by atoms with Gasteiger partial charge in [-0.1, -0.05) is 0 Å². The predicted molar refractivity (Wildman–Crippen MR) is 94.0 cm³/mol. The molecule has 0 fully saturated rings. The Morgan fingerprint density at radius 3 is 2.46 bits per heavy atom. The summed E-state index contributed by atoms with van der Waals surface area (Å²) >= 11 is 6.26. The molecule has 1 aliphatic rings. The molecule has 2 aromatic rings. The third-order valence-corrected chi connectivity index (χ3v) is 5.65. The zero-order valence-corrected chi connectivity index (χ0v) is 15.8. The molecule has 5 nitrogen and oxygen atoms in total. The van der Waals surface area contributed by atoms with Crippen LogP contribution in [0, 0.1) is 6.92 Å². The fourth-order valence-corrected chi connectivity index (χ4v) is 3.31. The van der Waals surface area contributed by atoms with Crippen molar-refractivity contribution in [2.24, 2.45) is 0 Å². The summed E-state index contributed by atoms with van der Waals surface area (Å²) in [4.78, 5) is 37.1. The fraction of sp³-hybridized carbons (Fsp3) is 0.118. The van der Waals surface area contributed by atoms with E-state index in [0.717, 1.165) is 5.56 Å². The predicted octanol–water partition coefficient (Wildman–Crippen LogP) is 4.05. The number of ether oxygens (including phenoxy) is 1. The minimum Gasteiger partial charge on any atom is -0.497 e. The van der Waals surface area contributed by atoms with Gasteiger partial charge in [0.1, 0.15) is 12.0 Å². The molecule has 1 aromatic carbocycles. The van der Waals surface area contributed by atoms with Gasteiger partial charge in [0.05, 0.1) is 27.2 Å². The number of benzene rings is 1. The number of rotatable bonds is 3. The number of hydrogen-bond acceptors (Lipinski definition) is 5. The summed E-state index contributed by atoms with van der Waals surface area (Å²) in [6.07, 6.45) is 1.19. The van der Waals surface area contributed by atoms with Gasteiger partial charge in [0.15, 0.2) is 11.5 Å². The number of aryl methyl sites for hydroxylation is 1. The molecule has 0 N–H and O–H groups in total. The first-order chi connectivity index (χ1) is 11.3. The zero-order valence-electron chi connectivity index (χ0n) is 12.6. The molecule has 24 heavy (non-hydrogen) atoms. The van der Waals surface area contributed by atoms with Crippen LogP contribution in [0.1, 0.15) is 37.6 Å². The summed E-state index contributed by atoms with van der Waals surface area (Å²) < 4.78 is 10.9. The fourth-order valence-electron chi connectivity index (χ4n) is 2.48. The monoisotopic (exact) mass is 452 g/mol. The molecule has 0 atom stereocenters. The average molecular weight is 454 g/mol. The highest BCUT2D eigenvalue weighted by Gasteiger charge is 2.37. The minimum atomic E-state index is -0.781. The third-order valence-electron chi connectivity index (χ3n) is 3.61. The smallest absolute Gasteiger partial charge is 0.241 e. The van der Waals surface area contributed by atoms with Crippen molar-refractivity contribution in [3.8, 4) is 5.75 Å². The van der Waals surface area contributed by atoms with Crippen LogP contribution in [-0.4, -0.2) is 24.5 Å². The molecule has 0 saturated heterocycles. The number of carbonyl (C=O) groups is 3. The molecular weight excluding hydrogens is 444 g/mol. The molecule has 7 heteroatoms. The van der Waals surface area contributed by atoms with Gasteiger partial charge in [0, 0.05) is 5.56 Å². The number of fused-ring (bicyclic) bond motifs is 1. The van der Waals surface area contributed by atoms with E-state index in [0.29, 0.717) is 15.8 Å². The van der Waals surface area contributed by atoms with Crippen molar-refractivity contribution in [1.82, 2.24) is 0 Å². The first-order valence-corrected chi connectivity index (χ1v) is 8.40. The lowest BCUT2D eigenvalue weighted by Crippen LogP contribution is -2.22. The van der Waals surface area contributed by atoms with Gasteiger partial charge in [0.25, 0.3) is 0 Å². The molecule has 122 valence electrons. The second-order valence-electron chi connectivity index (χ2n) is 5.21. The summed E-state index contributed by atoms with van der Waals surface area (Å²) in [6.45, 7) is 1.83. The van der Waals surface area contributed by atoms with Gasteiger partial charge in [-0.25, -0.2) is 0 Å². The number of furan rings is 1. The standard InChI is InChI=1S/C17H10Br2O5/c1-7-3-8(5-9(4-7)23-2)14(20)10-6-24-17-11(10)15(21)16(22)12(18)13(17)19/h3-6H,1-2H3. The summed E-state index contributed by atoms with van der Waals surface area (Å²) in [6, 6.07) is 5.04. The summed E-state index contributed by atoms with van der Waals surface area (Å²) in [5, 5.41) is 0. The quantitative estimate of drug-likeness (QED) is 0.517. The molecule has 0 aliphatic heterocycles. The molecule has 0 radical (unpaired) electrons. The molecular formula is C17H10Br2O5. The molecule has 0 spiro atoms. The molecule has 0 amide bonds. The second kappa shape index (κ2) is 6.14. The van der Waals surface area contributed by atoms with Crippen molar-refractivity contribution < 1.29 is 23.5 Å². The number of hydrogen-bond donors (Lipinski definition) is 0. The van der Waals surface area contributed by atoms with Crippen LogP contribution in [0.5, 0.6) is 5.75 Å². The normalized spacial score (nSPS) is 14.0. The molecule has 0 bridgehead atoms. The van der Waals surface area contributed by atoms with Crippen molar-refractivity contribution in [3.05, 3.63) is 57.0 Å². The Morgan fingerprint density at radius 2 is 1.79 bits per heavy atom.